The summed E-state index contributed by atoms with van der Waals surface area (Å²) in [5.41, 5.74) is 2.26. The maximum absolute atomic E-state index is 8.88. The summed E-state index contributed by atoms with van der Waals surface area (Å²) in [6.45, 7) is 0.459. The highest BCUT2D eigenvalue weighted by Gasteiger charge is 2.00. The van der Waals surface area contributed by atoms with Crippen LogP contribution in [-0.2, 0) is 6.61 Å². The molecule has 0 amide bonds. The maximum atomic E-state index is 8.88. The summed E-state index contributed by atoms with van der Waals surface area (Å²) in [7, 11) is 0. The molecule has 0 unspecified atom stereocenters. The number of aliphatic hydroxyl groups is 1. The Morgan fingerprint density at radius 2 is 2.29 bits per heavy atom. The zero-order valence-corrected chi connectivity index (χ0v) is 9.75. The van der Waals surface area contributed by atoms with Crippen molar-refractivity contribution in [2.75, 3.05) is 6.61 Å². The lowest BCUT2D eigenvalue weighted by Crippen LogP contribution is -1.94. The average molecular weight is 278 g/mol. The van der Waals surface area contributed by atoms with Crippen LogP contribution >= 0.6 is 27.5 Å². The highest BCUT2D eigenvalue weighted by atomic mass is 79.9. The van der Waals surface area contributed by atoms with E-state index in [1.54, 1.807) is 12.1 Å². The Kier molecular flexibility index (Phi) is 5.01. The molecule has 0 aliphatic heterocycles. The van der Waals surface area contributed by atoms with E-state index in [-0.39, 0.29) is 6.61 Å². The van der Waals surface area contributed by atoms with E-state index in [9.17, 15) is 0 Å². The van der Waals surface area contributed by atoms with Crippen molar-refractivity contribution in [2.45, 2.75) is 6.61 Å². The van der Waals surface area contributed by atoms with E-state index < -0.39 is 0 Å². The third kappa shape index (κ3) is 3.33. The topological polar surface area (TPSA) is 29.5 Å². The van der Waals surface area contributed by atoms with E-state index in [0.717, 1.165) is 15.8 Å². The van der Waals surface area contributed by atoms with Crippen molar-refractivity contribution < 1.29 is 9.84 Å². The van der Waals surface area contributed by atoms with Crippen LogP contribution in [0.1, 0.15) is 5.56 Å². The Balaban J connectivity index is 2.68. The Bertz CT molecular complexity index is 326. The number of halogens is 2. The summed E-state index contributed by atoms with van der Waals surface area (Å²) in [6, 6.07) is 5.43. The van der Waals surface area contributed by atoms with Crippen LogP contribution in [0.3, 0.4) is 0 Å². The Hall–Kier alpha value is -0.510. The summed E-state index contributed by atoms with van der Waals surface area (Å²) < 4.78 is 6.20. The molecule has 1 rings (SSSR count). The molecule has 14 heavy (non-hydrogen) atoms. The van der Waals surface area contributed by atoms with Gasteiger partial charge in [0.2, 0.25) is 0 Å². The van der Waals surface area contributed by atoms with E-state index in [4.69, 9.17) is 21.4 Å². The van der Waals surface area contributed by atoms with Crippen LogP contribution in [0.25, 0.3) is 0 Å². The van der Waals surface area contributed by atoms with Crippen molar-refractivity contribution in [1.29, 1.82) is 0 Å². The van der Waals surface area contributed by atoms with Gasteiger partial charge in [0, 0.05) is 5.54 Å². The minimum Gasteiger partial charge on any atom is -0.488 e. The molecule has 0 saturated carbocycles. The first-order valence-corrected chi connectivity index (χ1v) is 5.28. The number of aliphatic hydroxyl groups excluding tert-OH is 1. The largest absolute Gasteiger partial charge is 0.488 e. The molecule has 0 heterocycles. The van der Waals surface area contributed by atoms with Crippen molar-refractivity contribution in [3.8, 4) is 5.75 Å². The molecule has 1 aromatic rings. The van der Waals surface area contributed by atoms with Gasteiger partial charge in [-0.15, -0.1) is 0 Å². The highest BCUT2D eigenvalue weighted by molar-refractivity contribution is 9.10. The standard InChI is InChI=1S/C10H10BrClO2/c11-9-6-8(7-13)2-3-10(9)14-5-1-4-12/h1-4,6,13H,5,7H2. The fourth-order valence-corrected chi connectivity index (χ4v) is 1.55. The highest BCUT2D eigenvalue weighted by Crippen LogP contribution is 2.25. The molecular formula is C10H10BrClO2. The van der Waals surface area contributed by atoms with Gasteiger partial charge < -0.3 is 9.84 Å². The molecule has 2 nitrogen and oxygen atoms in total. The van der Waals surface area contributed by atoms with E-state index in [0.29, 0.717) is 6.61 Å². The lowest BCUT2D eigenvalue weighted by Gasteiger charge is -2.06. The first-order chi connectivity index (χ1) is 6.77. The van der Waals surface area contributed by atoms with Crippen LogP contribution in [0, 0.1) is 0 Å². The minimum absolute atomic E-state index is 0.0282. The number of rotatable bonds is 4. The first-order valence-electron chi connectivity index (χ1n) is 4.05. The number of ether oxygens (including phenoxy) is 1. The maximum Gasteiger partial charge on any atom is 0.133 e. The molecule has 0 spiro atoms. The van der Waals surface area contributed by atoms with Crippen molar-refractivity contribution in [3.05, 3.63) is 39.8 Å². The predicted octanol–water partition coefficient (Wildman–Crippen LogP) is 3.07. The SMILES string of the molecule is OCc1ccc(OCC=CCl)c(Br)c1. The van der Waals surface area contributed by atoms with Gasteiger partial charge >= 0.3 is 0 Å². The summed E-state index contributed by atoms with van der Waals surface area (Å²) >= 11 is 8.70. The minimum atomic E-state index is 0.0282. The average Bonchev–Trinajstić information content (AvgIpc) is 2.20. The molecule has 76 valence electrons. The van der Waals surface area contributed by atoms with Gasteiger partial charge in [0.05, 0.1) is 11.1 Å². The van der Waals surface area contributed by atoms with Gasteiger partial charge in [-0.3, -0.25) is 0 Å². The van der Waals surface area contributed by atoms with Crippen LogP contribution in [0.5, 0.6) is 5.75 Å². The molecule has 0 aliphatic rings. The molecule has 0 fully saturated rings. The Labute approximate surface area is 96.3 Å². The number of hydrogen-bond donors (Lipinski definition) is 1. The fourth-order valence-electron chi connectivity index (χ4n) is 0.934. The molecule has 0 aliphatic carbocycles. The van der Waals surface area contributed by atoms with Crippen LogP contribution in [0.2, 0.25) is 0 Å². The summed E-state index contributed by atoms with van der Waals surface area (Å²) in [5, 5.41) is 8.88. The molecule has 0 saturated heterocycles. The zero-order chi connectivity index (χ0) is 10.4. The number of benzene rings is 1. The van der Waals surface area contributed by atoms with Crippen LogP contribution in [-0.4, -0.2) is 11.7 Å². The normalized spacial score (nSPS) is 10.8. The van der Waals surface area contributed by atoms with E-state index in [1.165, 1.54) is 5.54 Å². The van der Waals surface area contributed by atoms with Gasteiger partial charge in [-0.1, -0.05) is 17.7 Å². The van der Waals surface area contributed by atoms with Crippen molar-refractivity contribution in [1.82, 2.24) is 0 Å². The zero-order valence-electron chi connectivity index (χ0n) is 7.41. The van der Waals surface area contributed by atoms with Gasteiger partial charge in [0.1, 0.15) is 12.4 Å². The van der Waals surface area contributed by atoms with Crippen molar-refractivity contribution in [2.24, 2.45) is 0 Å². The van der Waals surface area contributed by atoms with Gasteiger partial charge in [-0.05, 0) is 39.7 Å². The van der Waals surface area contributed by atoms with Crippen LogP contribution < -0.4 is 4.74 Å². The molecule has 1 aromatic carbocycles. The molecular weight excluding hydrogens is 267 g/mol. The Morgan fingerprint density at radius 1 is 1.50 bits per heavy atom. The fraction of sp³-hybridized carbons (Fsp3) is 0.200. The van der Waals surface area contributed by atoms with Crippen molar-refractivity contribution >= 4 is 27.5 Å². The summed E-state index contributed by atoms with van der Waals surface area (Å²) in [5.74, 6) is 0.733. The summed E-state index contributed by atoms with van der Waals surface area (Å²) in [6.07, 6.45) is 1.70. The molecule has 0 bridgehead atoms. The predicted molar refractivity (Wildman–Crippen MR) is 60.6 cm³/mol. The molecule has 0 atom stereocenters. The van der Waals surface area contributed by atoms with Gasteiger partial charge in [0.25, 0.3) is 0 Å². The third-order valence-electron chi connectivity index (χ3n) is 1.60. The second-order valence-electron chi connectivity index (χ2n) is 2.60. The van der Waals surface area contributed by atoms with Gasteiger partial charge in [-0.25, -0.2) is 0 Å². The molecule has 1 N–H and O–H groups in total. The van der Waals surface area contributed by atoms with Gasteiger partial charge in [-0.2, -0.15) is 0 Å². The third-order valence-corrected chi connectivity index (χ3v) is 2.40. The number of hydrogen-bond acceptors (Lipinski definition) is 2. The van der Waals surface area contributed by atoms with Crippen LogP contribution in [0.15, 0.2) is 34.3 Å². The quantitative estimate of drug-likeness (QED) is 0.916. The monoisotopic (exact) mass is 276 g/mol. The molecule has 4 heteroatoms. The summed E-state index contributed by atoms with van der Waals surface area (Å²) in [4.78, 5) is 0. The molecule has 0 aromatic heterocycles. The lowest BCUT2D eigenvalue weighted by molar-refractivity contribution is 0.281. The Morgan fingerprint density at radius 3 is 2.86 bits per heavy atom. The van der Waals surface area contributed by atoms with E-state index >= 15 is 0 Å². The van der Waals surface area contributed by atoms with Crippen LogP contribution in [0.4, 0.5) is 0 Å². The second-order valence-corrected chi connectivity index (χ2v) is 3.70. The smallest absolute Gasteiger partial charge is 0.133 e. The van der Waals surface area contributed by atoms with Crippen molar-refractivity contribution in [3.63, 3.8) is 0 Å². The lowest BCUT2D eigenvalue weighted by atomic mass is 10.2. The molecule has 0 radical (unpaired) electrons. The first kappa shape index (κ1) is 11.6. The van der Waals surface area contributed by atoms with Gasteiger partial charge in [0.15, 0.2) is 0 Å². The van der Waals surface area contributed by atoms with E-state index in [1.807, 2.05) is 12.1 Å². The second kappa shape index (κ2) is 6.06. The van der Waals surface area contributed by atoms with E-state index in [2.05, 4.69) is 15.9 Å².